The Balaban J connectivity index is 2.59. The summed E-state index contributed by atoms with van der Waals surface area (Å²) in [6.45, 7) is 0. The third-order valence-corrected chi connectivity index (χ3v) is 1.73. The Morgan fingerprint density at radius 3 is 2.64 bits per heavy atom. The standard InChI is InChI=1S/C6H10N8/c7-2-1-14(10)5-3(11-2)4(8)12-6(9)13-5/h1,11H,7,10H2,(H4,8,9,12,13). The van der Waals surface area contributed by atoms with E-state index in [0.29, 0.717) is 17.3 Å². The molecule has 1 aromatic heterocycles. The minimum absolute atomic E-state index is 0.0624. The highest BCUT2D eigenvalue weighted by Crippen LogP contribution is 2.31. The topological polar surface area (TPSA) is 145 Å². The highest BCUT2D eigenvalue weighted by molar-refractivity contribution is 5.81. The molecule has 0 saturated heterocycles. The predicted molar refractivity (Wildman–Crippen MR) is 53.4 cm³/mol. The maximum Gasteiger partial charge on any atom is 0.224 e. The average molecular weight is 194 g/mol. The second-order valence-electron chi connectivity index (χ2n) is 2.78. The van der Waals surface area contributed by atoms with E-state index < -0.39 is 0 Å². The first-order valence-corrected chi connectivity index (χ1v) is 3.79. The van der Waals surface area contributed by atoms with Gasteiger partial charge in [0, 0.05) is 0 Å². The van der Waals surface area contributed by atoms with Crippen molar-refractivity contribution in [2.75, 3.05) is 21.8 Å². The number of fused-ring (bicyclic) bond motifs is 1. The molecule has 0 spiro atoms. The van der Waals surface area contributed by atoms with Gasteiger partial charge in [0.15, 0.2) is 11.6 Å². The van der Waals surface area contributed by atoms with Crippen LogP contribution in [0.1, 0.15) is 0 Å². The molecule has 1 aliphatic rings. The Morgan fingerprint density at radius 2 is 1.93 bits per heavy atom. The second kappa shape index (κ2) is 2.64. The van der Waals surface area contributed by atoms with Crippen LogP contribution in [0, 0.1) is 0 Å². The number of nitrogens with zero attached hydrogens (tertiary/aromatic N) is 3. The van der Waals surface area contributed by atoms with Gasteiger partial charge in [-0.05, 0) is 0 Å². The molecule has 9 N–H and O–H groups in total. The first-order valence-electron chi connectivity index (χ1n) is 3.79. The van der Waals surface area contributed by atoms with Crippen molar-refractivity contribution in [3.63, 3.8) is 0 Å². The van der Waals surface area contributed by atoms with Crippen LogP contribution in [-0.4, -0.2) is 9.97 Å². The summed E-state index contributed by atoms with van der Waals surface area (Å²) in [7, 11) is 0. The fourth-order valence-electron chi connectivity index (χ4n) is 1.18. The lowest BCUT2D eigenvalue weighted by atomic mass is 10.3. The first kappa shape index (κ1) is 8.38. The predicted octanol–water partition coefficient (Wildman–Crippen LogP) is -1.50. The molecule has 0 bridgehead atoms. The molecule has 0 unspecified atom stereocenters. The van der Waals surface area contributed by atoms with Crippen molar-refractivity contribution in [3.8, 4) is 0 Å². The van der Waals surface area contributed by atoms with Crippen LogP contribution in [0.2, 0.25) is 0 Å². The molecule has 0 atom stereocenters. The van der Waals surface area contributed by atoms with Gasteiger partial charge in [0.1, 0.15) is 11.5 Å². The molecule has 14 heavy (non-hydrogen) atoms. The zero-order valence-corrected chi connectivity index (χ0v) is 7.23. The summed E-state index contributed by atoms with van der Waals surface area (Å²) in [4.78, 5) is 7.69. The van der Waals surface area contributed by atoms with E-state index in [4.69, 9.17) is 23.0 Å². The molecule has 74 valence electrons. The van der Waals surface area contributed by atoms with Crippen LogP contribution in [-0.2, 0) is 0 Å². The Morgan fingerprint density at radius 1 is 1.21 bits per heavy atom. The summed E-state index contributed by atoms with van der Waals surface area (Å²) in [6, 6.07) is 0. The van der Waals surface area contributed by atoms with E-state index in [1.165, 1.54) is 11.2 Å². The normalized spacial score (nSPS) is 14.4. The molecule has 0 radical (unpaired) electrons. The Labute approximate surface area is 79.5 Å². The third kappa shape index (κ3) is 1.13. The van der Waals surface area contributed by atoms with Crippen molar-refractivity contribution in [3.05, 3.63) is 12.0 Å². The SMILES string of the molecule is NC1=CN(N)c2nc(N)nc(N)c2N1. The molecular formula is C6H10N8. The largest absolute Gasteiger partial charge is 0.384 e. The molecular weight excluding hydrogens is 184 g/mol. The van der Waals surface area contributed by atoms with Gasteiger partial charge in [0.05, 0.1) is 6.20 Å². The molecule has 8 heteroatoms. The van der Waals surface area contributed by atoms with Crippen molar-refractivity contribution in [2.45, 2.75) is 0 Å². The number of nitrogens with two attached hydrogens (primary N) is 4. The van der Waals surface area contributed by atoms with Crippen LogP contribution in [0.5, 0.6) is 0 Å². The van der Waals surface area contributed by atoms with Gasteiger partial charge >= 0.3 is 0 Å². The minimum atomic E-state index is 0.0624. The number of hydrogen-bond donors (Lipinski definition) is 5. The van der Waals surface area contributed by atoms with Crippen molar-refractivity contribution in [1.29, 1.82) is 0 Å². The first-order chi connectivity index (χ1) is 6.58. The lowest BCUT2D eigenvalue weighted by Gasteiger charge is -2.24. The molecule has 0 fully saturated rings. The van der Waals surface area contributed by atoms with E-state index in [1.54, 1.807) is 0 Å². The summed E-state index contributed by atoms with van der Waals surface area (Å²) in [5, 5.41) is 4.03. The van der Waals surface area contributed by atoms with Crippen molar-refractivity contribution in [2.24, 2.45) is 11.6 Å². The van der Waals surface area contributed by atoms with Gasteiger partial charge in [-0.2, -0.15) is 9.97 Å². The van der Waals surface area contributed by atoms with Crippen molar-refractivity contribution in [1.82, 2.24) is 9.97 Å². The van der Waals surface area contributed by atoms with Crippen LogP contribution in [0.15, 0.2) is 12.0 Å². The highest BCUT2D eigenvalue weighted by Gasteiger charge is 2.19. The van der Waals surface area contributed by atoms with Crippen LogP contribution >= 0.6 is 0 Å². The summed E-state index contributed by atoms with van der Waals surface area (Å²) < 4.78 is 0. The van der Waals surface area contributed by atoms with Gasteiger partial charge < -0.3 is 22.5 Å². The Bertz CT molecular complexity index is 411. The van der Waals surface area contributed by atoms with Crippen LogP contribution in [0.25, 0.3) is 0 Å². The number of hydrogen-bond acceptors (Lipinski definition) is 8. The minimum Gasteiger partial charge on any atom is -0.384 e. The lowest BCUT2D eigenvalue weighted by molar-refractivity contribution is 0.978. The van der Waals surface area contributed by atoms with Crippen molar-refractivity contribution >= 4 is 23.3 Å². The number of hydrazine groups is 1. The molecule has 1 aromatic rings. The van der Waals surface area contributed by atoms with Gasteiger partial charge in [0.2, 0.25) is 5.95 Å². The van der Waals surface area contributed by atoms with Gasteiger partial charge in [-0.1, -0.05) is 0 Å². The fourth-order valence-corrected chi connectivity index (χ4v) is 1.18. The number of nitrogens with one attached hydrogen (secondary N) is 1. The monoisotopic (exact) mass is 194 g/mol. The molecule has 0 aromatic carbocycles. The van der Waals surface area contributed by atoms with Gasteiger partial charge in [-0.15, -0.1) is 0 Å². The molecule has 2 rings (SSSR count). The molecule has 2 heterocycles. The number of rotatable bonds is 0. The van der Waals surface area contributed by atoms with Gasteiger partial charge in [-0.25, -0.2) is 5.84 Å². The van der Waals surface area contributed by atoms with Crippen LogP contribution in [0.3, 0.4) is 0 Å². The smallest absolute Gasteiger partial charge is 0.224 e. The van der Waals surface area contributed by atoms with Crippen LogP contribution in [0.4, 0.5) is 23.3 Å². The zero-order valence-electron chi connectivity index (χ0n) is 7.23. The average Bonchev–Trinajstić information content (AvgIpc) is 2.07. The third-order valence-electron chi connectivity index (χ3n) is 1.73. The zero-order chi connectivity index (χ0) is 10.3. The maximum atomic E-state index is 5.61. The number of nitrogen functional groups attached to an aromatic ring is 2. The quantitative estimate of drug-likeness (QED) is 0.314. The summed E-state index contributed by atoms with van der Waals surface area (Å²) >= 11 is 0. The summed E-state index contributed by atoms with van der Waals surface area (Å²) in [5.41, 5.74) is 17.0. The number of aromatic nitrogens is 2. The Kier molecular flexibility index (Phi) is 1.58. The second-order valence-corrected chi connectivity index (χ2v) is 2.78. The van der Waals surface area contributed by atoms with E-state index in [1.807, 2.05) is 0 Å². The molecule has 8 nitrogen and oxygen atoms in total. The highest BCUT2D eigenvalue weighted by atomic mass is 15.4. The van der Waals surface area contributed by atoms with Gasteiger partial charge in [-0.3, -0.25) is 5.01 Å². The van der Waals surface area contributed by atoms with Gasteiger partial charge in [0.25, 0.3) is 0 Å². The van der Waals surface area contributed by atoms with E-state index in [9.17, 15) is 0 Å². The van der Waals surface area contributed by atoms with Crippen molar-refractivity contribution < 1.29 is 0 Å². The molecule has 0 amide bonds. The van der Waals surface area contributed by atoms with Crippen LogP contribution < -0.4 is 33.4 Å². The molecule has 0 saturated carbocycles. The number of anilines is 4. The molecule has 0 aliphatic carbocycles. The summed E-state index contributed by atoms with van der Waals surface area (Å²) in [5.74, 6) is 6.63. The Hall–Kier alpha value is -2.22. The maximum absolute atomic E-state index is 5.61. The van der Waals surface area contributed by atoms with E-state index >= 15 is 0 Å². The van der Waals surface area contributed by atoms with E-state index in [2.05, 4.69) is 15.3 Å². The fraction of sp³-hybridized carbons (Fsp3) is 0. The lowest BCUT2D eigenvalue weighted by Crippen LogP contribution is -2.33. The summed E-state index contributed by atoms with van der Waals surface area (Å²) in [6.07, 6.45) is 1.47. The van der Waals surface area contributed by atoms with E-state index in [0.717, 1.165) is 0 Å². The molecule has 1 aliphatic heterocycles. The van der Waals surface area contributed by atoms with E-state index in [-0.39, 0.29) is 11.8 Å².